The fraction of sp³-hybridized carbons (Fsp3) is 0.526. The number of carbonyl (C=O) groups is 1. The summed E-state index contributed by atoms with van der Waals surface area (Å²) >= 11 is 0. The van der Waals surface area contributed by atoms with Crippen LogP contribution in [0.4, 0.5) is 0 Å². The van der Waals surface area contributed by atoms with Crippen LogP contribution in [-0.4, -0.2) is 32.1 Å². The van der Waals surface area contributed by atoms with Crippen LogP contribution in [-0.2, 0) is 24.3 Å². The van der Waals surface area contributed by atoms with Crippen LogP contribution < -0.4 is 0 Å². The third kappa shape index (κ3) is 2.52. The molecule has 0 spiro atoms. The molecule has 0 saturated heterocycles. The lowest BCUT2D eigenvalue weighted by molar-refractivity contribution is -0.134. The van der Waals surface area contributed by atoms with Crippen LogP contribution in [0.2, 0.25) is 0 Å². The van der Waals surface area contributed by atoms with Gasteiger partial charge in [-0.15, -0.1) is 10.2 Å². The Morgan fingerprint density at radius 2 is 2.04 bits per heavy atom. The van der Waals surface area contributed by atoms with Gasteiger partial charge in [-0.3, -0.25) is 4.79 Å². The summed E-state index contributed by atoms with van der Waals surface area (Å²) < 4.78 is 2.16. The zero-order chi connectivity index (χ0) is 16.8. The van der Waals surface area contributed by atoms with Gasteiger partial charge in [-0.25, -0.2) is 0 Å². The van der Waals surface area contributed by atoms with Crippen molar-refractivity contribution in [2.75, 3.05) is 6.54 Å². The molecule has 1 aliphatic heterocycles. The highest BCUT2D eigenvalue weighted by Crippen LogP contribution is 2.49. The number of carbonyl (C=O) groups excluding carboxylic acids is 1. The molecule has 1 fully saturated rings. The average Bonchev–Trinajstić information content (AvgIpc) is 3.28. The lowest BCUT2D eigenvalue weighted by atomic mass is 10.0. The topological polar surface area (TPSA) is 51.0 Å². The van der Waals surface area contributed by atoms with E-state index in [0.717, 1.165) is 37.6 Å². The van der Waals surface area contributed by atoms with Gasteiger partial charge in [0.25, 0.3) is 0 Å². The summed E-state index contributed by atoms with van der Waals surface area (Å²) in [6.07, 6.45) is 1.86. The Morgan fingerprint density at radius 1 is 1.21 bits per heavy atom. The first kappa shape index (κ1) is 15.4. The summed E-state index contributed by atoms with van der Waals surface area (Å²) in [4.78, 5) is 14.8. The maximum absolute atomic E-state index is 12.9. The molecule has 2 heterocycles. The number of aryl methyl sites for hydroxylation is 3. The van der Waals surface area contributed by atoms with Crippen molar-refractivity contribution in [3.05, 3.63) is 46.5 Å². The Morgan fingerprint density at radius 3 is 2.79 bits per heavy atom. The zero-order valence-corrected chi connectivity index (χ0v) is 14.6. The van der Waals surface area contributed by atoms with Crippen molar-refractivity contribution in [1.29, 1.82) is 0 Å². The number of hydrogen-bond acceptors (Lipinski definition) is 3. The molecule has 1 amide bonds. The minimum absolute atomic E-state index is 0.146. The summed E-state index contributed by atoms with van der Waals surface area (Å²) in [5.41, 5.74) is 3.93. The molecule has 4 rings (SSSR count). The second-order valence-corrected chi connectivity index (χ2v) is 7.09. The average molecular weight is 324 g/mol. The molecule has 1 aromatic heterocycles. The molecule has 2 aromatic rings. The van der Waals surface area contributed by atoms with Gasteiger partial charge < -0.3 is 9.47 Å². The number of fused-ring (bicyclic) bond motifs is 1. The highest BCUT2D eigenvalue weighted by atomic mass is 16.2. The molecule has 1 saturated carbocycles. The van der Waals surface area contributed by atoms with E-state index in [1.807, 2.05) is 4.90 Å². The SMILES string of the molecule is CCc1nnc2n1CCN(C(=O)[C@H]1C[C@@H]1c1ccc(C)c(C)c1)C2. The molecule has 5 nitrogen and oxygen atoms in total. The van der Waals surface area contributed by atoms with Crippen molar-refractivity contribution in [2.45, 2.75) is 52.6 Å². The Kier molecular flexibility index (Phi) is 3.66. The number of hydrogen-bond donors (Lipinski definition) is 0. The van der Waals surface area contributed by atoms with Crippen molar-refractivity contribution >= 4 is 5.91 Å². The van der Waals surface area contributed by atoms with Crippen LogP contribution >= 0.6 is 0 Å². The summed E-state index contributed by atoms with van der Waals surface area (Å²) in [7, 11) is 0. The van der Waals surface area contributed by atoms with Crippen LogP contribution in [0.15, 0.2) is 18.2 Å². The second-order valence-electron chi connectivity index (χ2n) is 7.09. The summed E-state index contributed by atoms with van der Waals surface area (Å²) in [6, 6.07) is 6.59. The van der Waals surface area contributed by atoms with Gasteiger partial charge in [-0.1, -0.05) is 25.1 Å². The molecular formula is C19H24N4O. The molecule has 2 aliphatic rings. The molecule has 0 bridgehead atoms. The molecule has 1 aliphatic carbocycles. The minimum Gasteiger partial charge on any atom is -0.333 e. The van der Waals surface area contributed by atoms with Gasteiger partial charge in [0.05, 0.1) is 6.54 Å². The van der Waals surface area contributed by atoms with Gasteiger partial charge in [0, 0.05) is 25.4 Å². The molecule has 126 valence electrons. The van der Waals surface area contributed by atoms with Crippen LogP contribution in [0.3, 0.4) is 0 Å². The molecule has 0 radical (unpaired) electrons. The van der Waals surface area contributed by atoms with Crippen LogP contribution in [0.25, 0.3) is 0 Å². The number of aromatic nitrogens is 3. The van der Waals surface area contributed by atoms with Gasteiger partial charge >= 0.3 is 0 Å². The molecule has 0 unspecified atom stereocenters. The Bertz CT molecular complexity index is 795. The van der Waals surface area contributed by atoms with E-state index in [0.29, 0.717) is 12.5 Å². The van der Waals surface area contributed by atoms with Crippen molar-refractivity contribution in [3.8, 4) is 0 Å². The Hall–Kier alpha value is -2.17. The van der Waals surface area contributed by atoms with Crippen molar-refractivity contribution in [1.82, 2.24) is 19.7 Å². The number of rotatable bonds is 3. The fourth-order valence-electron chi connectivity index (χ4n) is 3.73. The van der Waals surface area contributed by atoms with E-state index in [1.165, 1.54) is 16.7 Å². The van der Waals surface area contributed by atoms with E-state index < -0.39 is 0 Å². The second kappa shape index (κ2) is 5.72. The van der Waals surface area contributed by atoms with E-state index in [9.17, 15) is 4.79 Å². The van der Waals surface area contributed by atoms with E-state index in [-0.39, 0.29) is 11.8 Å². The normalized spacial score (nSPS) is 22.4. The van der Waals surface area contributed by atoms with Gasteiger partial charge in [-0.05, 0) is 42.9 Å². The highest BCUT2D eigenvalue weighted by molar-refractivity contribution is 5.83. The lowest BCUT2D eigenvalue weighted by Crippen LogP contribution is -2.39. The third-order valence-corrected chi connectivity index (χ3v) is 5.52. The van der Waals surface area contributed by atoms with Gasteiger partial charge in [0.2, 0.25) is 5.91 Å². The quantitative estimate of drug-likeness (QED) is 0.872. The predicted molar refractivity (Wildman–Crippen MR) is 91.6 cm³/mol. The maximum Gasteiger partial charge on any atom is 0.226 e. The summed E-state index contributed by atoms with van der Waals surface area (Å²) in [5, 5.41) is 8.48. The predicted octanol–water partition coefficient (Wildman–Crippen LogP) is 2.60. The fourth-order valence-corrected chi connectivity index (χ4v) is 3.73. The Balaban J connectivity index is 1.45. The van der Waals surface area contributed by atoms with Gasteiger partial charge in [-0.2, -0.15) is 0 Å². The maximum atomic E-state index is 12.9. The summed E-state index contributed by atoms with van der Waals surface area (Å²) in [5.74, 6) is 2.77. The molecular weight excluding hydrogens is 300 g/mol. The minimum atomic E-state index is 0.146. The van der Waals surface area contributed by atoms with E-state index in [1.54, 1.807) is 0 Å². The smallest absolute Gasteiger partial charge is 0.226 e. The molecule has 1 aromatic carbocycles. The van der Waals surface area contributed by atoms with Gasteiger partial charge in [0.1, 0.15) is 5.82 Å². The van der Waals surface area contributed by atoms with E-state index >= 15 is 0 Å². The van der Waals surface area contributed by atoms with E-state index in [2.05, 4.69) is 53.7 Å². The van der Waals surface area contributed by atoms with Crippen molar-refractivity contribution in [2.24, 2.45) is 5.92 Å². The highest BCUT2D eigenvalue weighted by Gasteiger charge is 2.46. The number of benzene rings is 1. The largest absolute Gasteiger partial charge is 0.333 e. The van der Waals surface area contributed by atoms with E-state index in [4.69, 9.17) is 0 Å². The molecule has 24 heavy (non-hydrogen) atoms. The van der Waals surface area contributed by atoms with Crippen LogP contribution in [0, 0.1) is 19.8 Å². The van der Waals surface area contributed by atoms with Crippen molar-refractivity contribution < 1.29 is 4.79 Å². The zero-order valence-electron chi connectivity index (χ0n) is 14.6. The monoisotopic (exact) mass is 324 g/mol. The third-order valence-electron chi connectivity index (χ3n) is 5.52. The summed E-state index contributed by atoms with van der Waals surface area (Å²) in [6.45, 7) is 8.55. The number of nitrogens with zero attached hydrogens (tertiary/aromatic N) is 4. The first-order valence-electron chi connectivity index (χ1n) is 8.85. The van der Waals surface area contributed by atoms with Gasteiger partial charge in [0.15, 0.2) is 5.82 Å². The lowest BCUT2D eigenvalue weighted by Gasteiger charge is -2.28. The molecule has 2 atom stereocenters. The van der Waals surface area contributed by atoms with Crippen LogP contribution in [0.1, 0.15) is 47.6 Å². The van der Waals surface area contributed by atoms with Crippen molar-refractivity contribution in [3.63, 3.8) is 0 Å². The molecule has 5 heteroatoms. The standard InChI is InChI=1S/C19H24N4O/c1-4-17-20-21-18-11-22(7-8-23(17)18)19(24)16-10-15(16)14-6-5-12(2)13(3)9-14/h5-6,9,15-16H,4,7-8,10-11H2,1-3H3/t15-,16+/m1/s1. The van der Waals surface area contributed by atoms with Crippen LogP contribution in [0.5, 0.6) is 0 Å². The number of amides is 1. The first-order chi connectivity index (χ1) is 11.6. The molecule has 0 N–H and O–H groups in total. The first-order valence-corrected chi connectivity index (χ1v) is 8.85. The Labute approximate surface area is 142 Å².